The number of halogens is 1. The van der Waals surface area contributed by atoms with Crippen molar-refractivity contribution in [2.45, 2.75) is 45.1 Å². The van der Waals surface area contributed by atoms with Gasteiger partial charge in [0, 0.05) is 49.4 Å². The molecule has 170 valence electrons. The molecule has 5 rings (SSSR count). The molecule has 8 nitrogen and oxygen atoms in total. The molecule has 2 aliphatic rings. The van der Waals surface area contributed by atoms with E-state index in [2.05, 4.69) is 31.6 Å². The van der Waals surface area contributed by atoms with Crippen molar-refractivity contribution in [3.8, 4) is 0 Å². The topological polar surface area (TPSA) is 88.0 Å². The molecule has 0 bridgehead atoms. The molecule has 32 heavy (non-hydrogen) atoms. The van der Waals surface area contributed by atoms with Gasteiger partial charge in [-0.1, -0.05) is 19.8 Å². The maximum atomic E-state index is 13.1. The van der Waals surface area contributed by atoms with Crippen LogP contribution >= 0.6 is 12.4 Å². The number of pyridine rings is 2. The van der Waals surface area contributed by atoms with Crippen molar-refractivity contribution < 1.29 is 0 Å². The molecule has 9 heteroatoms. The number of fused-ring (bicyclic) bond motifs is 1. The Labute approximate surface area is 193 Å². The number of aryl methyl sites for hydroxylation is 1. The second-order valence-electron chi connectivity index (χ2n) is 8.37. The lowest BCUT2D eigenvalue weighted by molar-refractivity contribution is 0.513. The molecule has 0 radical (unpaired) electrons. The smallest absolute Gasteiger partial charge is 0.255 e. The Hall–Kier alpha value is -2.71. The first-order valence-electron chi connectivity index (χ1n) is 11.3. The predicted molar refractivity (Wildman–Crippen MR) is 131 cm³/mol. The molecule has 3 aromatic heterocycles. The van der Waals surface area contributed by atoms with Crippen molar-refractivity contribution in [2.75, 3.05) is 36.4 Å². The van der Waals surface area contributed by atoms with E-state index < -0.39 is 0 Å². The van der Waals surface area contributed by atoms with Gasteiger partial charge in [0.25, 0.3) is 5.56 Å². The van der Waals surface area contributed by atoms with Crippen LogP contribution in [0.15, 0.2) is 35.4 Å². The minimum atomic E-state index is 0. The van der Waals surface area contributed by atoms with Crippen molar-refractivity contribution in [3.63, 3.8) is 0 Å². The van der Waals surface area contributed by atoms with Crippen molar-refractivity contribution in [1.82, 2.24) is 24.8 Å². The number of aromatic nitrogens is 4. The number of nitrogens with zero attached hydrogens (tertiary/aromatic N) is 5. The van der Waals surface area contributed by atoms with Gasteiger partial charge in [0.2, 0.25) is 5.95 Å². The monoisotopic (exact) mass is 455 g/mol. The minimum absolute atomic E-state index is 0. The molecule has 0 spiro atoms. The van der Waals surface area contributed by atoms with E-state index in [1.165, 1.54) is 0 Å². The van der Waals surface area contributed by atoms with Crippen LogP contribution in [0.3, 0.4) is 0 Å². The molecule has 0 unspecified atom stereocenters. The number of hydrogen-bond donors (Lipinski definition) is 2. The van der Waals surface area contributed by atoms with Gasteiger partial charge < -0.3 is 15.5 Å². The van der Waals surface area contributed by atoms with E-state index in [9.17, 15) is 4.79 Å². The van der Waals surface area contributed by atoms with Gasteiger partial charge >= 0.3 is 0 Å². The van der Waals surface area contributed by atoms with E-state index in [1.54, 1.807) is 0 Å². The molecule has 0 aromatic carbocycles. The standard InChI is InChI=1S/C23H29N7O.ClH/c1-2-16-13-17-14-26-23(28-21(17)30(22(16)31)18-5-3-4-6-18)27-20-8-7-19(15-25-20)29-11-9-24-10-12-29;/h7-8,13-15,18,24H,2-6,9-12H2,1H3,(H,25,26,27,28);1H. The third kappa shape index (κ3) is 4.42. The summed E-state index contributed by atoms with van der Waals surface area (Å²) in [5.41, 5.74) is 2.75. The number of anilines is 3. The third-order valence-electron chi connectivity index (χ3n) is 6.39. The lowest BCUT2D eigenvalue weighted by atomic mass is 10.1. The van der Waals surface area contributed by atoms with Gasteiger partial charge in [-0.2, -0.15) is 4.98 Å². The average molecular weight is 456 g/mol. The SMILES string of the molecule is CCc1cc2cnc(Nc3ccc(N4CCNCC4)cn3)nc2n(C2CCCC2)c1=O.Cl. The van der Waals surface area contributed by atoms with Gasteiger partial charge in [0.15, 0.2) is 0 Å². The first-order valence-corrected chi connectivity index (χ1v) is 11.3. The zero-order valence-electron chi connectivity index (χ0n) is 18.4. The van der Waals surface area contributed by atoms with E-state index in [4.69, 9.17) is 4.98 Å². The zero-order chi connectivity index (χ0) is 21.2. The molecular weight excluding hydrogens is 426 g/mol. The molecular formula is C23H30ClN7O. The molecule has 1 saturated carbocycles. The Kier molecular flexibility index (Phi) is 6.91. The molecule has 1 aliphatic carbocycles. The number of piperazine rings is 1. The van der Waals surface area contributed by atoms with Gasteiger partial charge in [-0.05, 0) is 37.5 Å². The second kappa shape index (κ2) is 9.83. The van der Waals surface area contributed by atoms with E-state index in [1.807, 2.05) is 36.0 Å². The van der Waals surface area contributed by atoms with Crippen molar-refractivity contribution in [3.05, 3.63) is 46.5 Å². The molecule has 2 N–H and O–H groups in total. The summed E-state index contributed by atoms with van der Waals surface area (Å²) < 4.78 is 1.91. The number of hydrogen-bond acceptors (Lipinski definition) is 7. The minimum Gasteiger partial charge on any atom is -0.368 e. The van der Waals surface area contributed by atoms with Crippen LogP contribution in [-0.2, 0) is 6.42 Å². The molecule has 4 heterocycles. The molecule has 0 amide bonds. The van der Waals surface area contributed by atoms with Crippen LogP contribution in [0, 0.1) is 0 Å². The Morgan fingerprint density at radius 2 is 1.91 bits per heavy atom. The molecule has 2 fully saturated rings. The summed E-state index contributed by atoms with van der Waals surface area (Å²) in [4.78, 5) is 29.2. The Balaban J connectivity index is 0.00000245. The fourth-order valence-electron chi connectivity index (χ4n) is 4.68. The van der Waals surface area contributed by atoms with Gasteiger partial charge in [0.05, 0.1) is 11.9 Å². The Morgan fingerprint density at radius 1 is 1.12 bits per heavy atom. The summed E-state index contributed by atoms with van der Waals surface area (Å²) in [6.07, 6.45) is 8.79. The number of nitrogens with one attached hydrogen (secondary N) is 2. The first kappa shape index (κ1) is 22.5. The van der Waals surface area contributed by atoms with Gasteiger partial charge in [-0.15, -0.1) is 12.4 Å². The zero-order valence-corrected chi connectivity index (χ0v) is 19.2. The normalized spacial score (nSPS) is 16.8. The predicted octanol–water partition coefficient (Wildman–Crippen LogP) is 3.44. The van der Waals surface area contributed by atoms with Crippen molar-refractivity contribution in [1.29, 1.82) is 0 Å². The summed E-state index contributed by atoms with van der Waals surface area (Å²) in [6, 6.07) is 6.19. The van der Waals surface area contributed by atoms with E-state index in [0.717, 1.165) is 68.5 Å². The highest BCUT2D eigenvalue weighted by atomic mass is 35.5. The summed E-state index contributed by atoms with van der Waals surface area (Å²) in [6.45, 7) is 5.98. The van der Waals surface area contributed by atoms with Crippen molar-refractivity contribution >= 4 is 40.9 Å². The largest absolute Gasteiger partial charge is 0.368 e. The number of rotatable bonds is 5. The highest BCUT2D eigenvalue weighted by molar-refractivity contribution is 5.85. The molecule has 0 atom stereocenters. The molecule has 1 saturated heterocycles. The summed E-state index contributed by atoms with van der Waals surface area (Å²) >= 11 is 0. The average Bonchev–Trinajstić information content (AvgIpc) is 3.34. The Morgan fingerprint density at radius 3 is 2.59 bits per heavy atom. The van der Waals surface area contributed by atoms with Crippen LogP contribution in [0.2, 0.25) is 0 Å². The van der Waals surface area contributed by atoms with E-state index in [0.29, 0.717) is 23.8 Å². The summed E-state index contributed by atoms with van der Waals surface area (Å²) in [7, 11) is 0. The lowest BCUT2D eigenvalue weighted by Gasteiger charge is -2.29. The Bertz CT molecular complexity index is 1120. The lowest BCUT2D eigenvalue weighted by Crippen LogP contribution is -2.43. The van der Waals surface area contributed by atoms with Gasteiger partial charge in [-0.25, -0.2) is 9.97 Å². The van der Waals surface area contributed by atoms with Crippen LogP contribution in [0.25, 0.3) is 11.0 Å². The van der Waals surface area contributed by atoms with Crippen LogP contribution in [0.4, 0.5) is 17.5 Å². The highest BCUT2D eigenvalue weighted by Gasteiger charge is 2.22. The molecule has 3 aromatic rings. The van der Waals surface area contributed by atoms with Gasteiger partial charge in [-0.3, -0.25) is 9.36 Å². The van der Waals surface area contributed by atoms with Crippen LogP contribution in [0.1, 0.15) is 44.2 Å². The maximum absolute atomic E-state index is 13.1. The van der Waals surface area contributed by atoms with Crippen molar-refractivity contribution in [2.24, 2.45) is 0 Å². The van der Waals surface area contributed by atoms with Gasteiger partial charge in [0.1, 0.15) is 11.5 Å². The molecule has 1 aliphatic heterocycles. The summed E-state index contributed by atoms with van der Waals surface area (Å²) in [5, 5.41) is 7.49. The maximum Gasteiger partial charge on any atom is 0.255 e. The van der Waals surface area contributed by atoms with E-state index in [-0.39, 0.29) is 24.0 Å². The quantitative estimate of drug-likeness (QED) is 0.609. The highest BCUT2D eigenvalue weighted by Crippen LogP contribution is 2.31. The van der Waals surface area contributed by atoms with Crippen LogP contribution < -0.4 is 21.1 Å². The second-order valence-corrected chi connectivity index (χ2v) is 8.37. The summed E-state index contributed by atoms with van der Waals surface area (Å²) in [5.74, 6) is 1.16. The van der Waals surface area contributed by atoms with Crippen LogP contribution in [-0.4, -0.2) is 45.7 Å². The van der Waals surface area contributed by atoms with Crippen LogP contribution in [0.5, 0.6) is 0 Å². The first-order chi connectivity index (χ1) is 15.2. The fourth-order valence-corrected chi connectivity index (χ4v) is 4.68. The van der Waals surface area contributed by atoms with E-state index >= 15 is 0 Å². The third-order valence-corrected chi connectivity index (χ3v) is 6.39. The fraction of sp³-hybridized carbons (Fsp3) is 0.478.